The van der Waals surface area contributed by atoms with Gasteiger partial charge in [-0.25, -0.2) is 0 Å². The fourth-order valence-electron chi connectivity index (χ4n) is 3.95. The van der Waals surface area contributed by atoms with Gasteiger partial charge in [-0.15, -0.1) is 0 Å². The molecule has 0 bridgehead atoms. The van der Waals surface area contributed by atoms with Crippen molar-refractivity contribution >= 4 is 7.28 Å². The van der Waals surface area contributed by atoms with E-state index in [1.807, 2.05) is 0 Å². The summed E-state index contributed by atoms with van der Waals surface area (Å²) in [4.78, 5) is 0. The molecule has 0 nitrogen and oxygen atoms in total. The Labute approximate surface area is 109 Å². The lowest BCUT2D eigenvalue weighted by Gasteiger charge is -2.14. The van der Waals surface area contributed by atoms with E-state index in [1.165, 1.54) is 77.0 Å². The quantitative estimate of drug-likeness (QED) is 0.396. The van der Waals surface area contributed by atoms with Crippen LogP contribution in [0.5, 0.6) is 0 Å². The van der Waals surface area contributed by atoms with Crippen molar-refractivity contribution in [2.45, 2.75) is 95.6 Å². The van der Waals surface area contributed by atoms with Gasteiger partial charge in [0.2, 0.25) is 0 Å². The molecular formula is C16H30B. The molecule has 2 aliphatic carbocycles. The second kappa shape index (κ2) is 7.49. The Morgan fingerprint density at radius 3 is 2.47 bits per heavy atom. The second-order valence-electron chi connectivity index (χ2n) is 6.53. The lowest BCUT2D eigenvalue weighted by Crippen LogP contribution is -2.06. The Morgan fingerprint density at radius 1 is 0.882 bits per heavy atom. The van der Waals surface area contributed by atoms with E-state index in [-0.39, 0.29) is 0 Å². The molecule has 0 heterocycles. The molecule has 0 aliphatic heterocycles. The third-order valence-corrected chi connectivity index (χ3v) is 4.99. The van der Waals surface area contributed by atoms with Crippen molar-refractivity contribution in [2.24, 2.45) is 5.92 Å². The maximum Gasteiger partial charge on any atom is 0.117 e. The molecule has 0 saturated heterocycles. The molecule has 0 spiro atoms. The van der Waals surface area contributed by atoms with E-state index in [2.05, 4.69) is 14.2 Å². The summed E-state index contributed by atoms with van der Waals surface area (Å²) in [5.74, 6) is 3.07. The Balaban J connectivity index is 1.55. The van der Waals surface area contributed by atoms with Gasteiger partial charge in [-0.1, -0.05) is 95.6 Å². The van der Waals surface area contributed by atoms with Crippen LogP contribution in [0.2, 0.25) is 11.6 Å². The molecule has 2 fully saturated rings. The highest BCUT2D eigenvalue weighted by Crippen LogP contribution is 2.42. The summed E-state index contributed by atoms with van der Waals surface area (Å²) in [6.45, 7) is 2.31. The minimum absolute atomic E-state index is 0.995. The summed E-state index contributed by atoms with van der Waals surface area (Å²) < 4.78 is 0. The number of hydrogen-bond acceptors (Lipinski definition) is 0. The van der Waals surface area contributed by atoms with Crippen LogP contribution in [0.4, 0.5) is 0 Å². The Bertz CT molecular complexity index is 196. The van der Waals surface area contributed by atoms with Gasteiger partial charge < -0.3 is 0 Å². The largest absolute Gasteiger partial charge is 0.117 e. The second-order valence-corrected chi connectivity index (χ2v) is 6.53. The van der Waals surface area contributed by atoms with Crippen molar-refractivity contribution in [3.8, 4) is 0 Å². The molecule has 2 rings (SSSR count). The number of rotatable bonds is 7. The maximum atomic E-state index is 2.75. The minimum atomic E-state index is 0.995. The lowest BCUT2D eigenvalue weighted by atomic mass is 9.53. The molecule has 2 saturated carbocycles. The van der Waals surface area contributed by atoms with E-state index < -0.39 is 0 Å². The van der Waals surface area contributed by atoms with Gasteiger partial charge >= 0.3 is 0 Å². The first kappa shape index (κ1) is 13.5. The van der Waals surface area contributed by atoms with Crippen LogP contribution < -0.4 is 0 Å². The number of unbranched alkanes of at least 4 members (excludes halogenated alkanes) is 3. The molecular weight excluding hydrogens is 203 g/mol. The molecule has 0 aromatic carbocycles. The van der Waals surface area contributed by atoms with Crippen LogP contribution >= 0.6 is 0 Å². The van der Waals surface area contributed by atoms with Crippen LogP contribution in [-0.4, -0.2) is 7.28 Å². The minimum Gasteiger partial charge on any atom is -0.0686 e. The van der Waals surface area contributed by atoms with Gasteiger partial charge in [0.15, 0.2) is 0 Å². The monoisotopic (exact) mass is 233 g/mol. The van der Waals surface area contributed by atoms with Gasteiger partial charge in [0.1, 0.15) is 7.28 Å². The zero-order chi connectivity index (χ0) is 11.9. The molecule has 0 aromatic rings. The van der Waals surface area contributed by atoms with E-state index in [4.69, 9.17) is 0 Å². The topological polar surface area (TPSA) is 0 Å². The van der Waals surface area contributed by atoms with Crippen LogP contribution in [0.1, 0.15) is 84.0 Å². The van der Waals surface area contributed by atoms with Crippen molar-refractivity contribution < 1.29 is 0 Å². The summed E-state index contributed by atoms with van der Waals surface area (Å²) in [5, 5.41) is 0. The Hall–Kier alpha value is 0.0649. The van der Waals surface area contributed by atoms with E-state index in [1.54, 1.807) is 0 Å². The first-order valence-electron chi connectivity index (χ1n) is 8.23. The van der Waals surface area contributed by atoms with Gasteiger partial charge in [-0.2, -0.15) is 0 Å². The van der Waals surface area contributed by atoms with Gasteiger partial charge in [-0.3, -0.25) is 0 Å². The average Bonchev–Trinajstić information content (AvgIpc) is 2.97. The van der Waals surface area contributed by atoms with Gasteiger partial charge in [0.25, 0.3) is 0 Å². The summed E-state index contributed by atoms with van der Waals surface area (Å²) in [7, 11) is 2.75. The van der Waals surface area contributed by atoms with Crippen LogP contribution in [0.3, 0.4) is 0 Å². The predicted octanol–water partition coefficient (Wildman–Crippen LogP) is 5.61. The molecule has 2 aliphatic rings. The third-order valence-electron chi connectivity index (χ3n) is 4.99. The molecule has 97 valence electrons. The smallest absolute Gasteiger partial charge is 0.0686 e. The van der Waals surface area contributed by atoms with Crippen molar-refractivity contribution in [2.75, 3.05) is 0 Å². The first-order chi connectivity index (χ1) is 8.38. The molecule has 17 heavy (non-hydrogen) atoms. The highest BCUT2D eigenvalue weighted by atomic mass is 14.3. The Morgan fingerprint density at radius 2 is 1.71 bits per heavy atom. The maximum absolute atomic E-state index is 2.75. The highest BCUT2D eigenvalue weighted by molar-refractivity contribution is 6.39. The van der Waals surface area contributed by atoms with Crippen molar-refractivity contribution in [1.29, 1.82) is 0 Å². The standard InChI is InChI=1S/C16H30B/c1-2-3-4-5-8-14-11-12-16(13-14)17-15-9-6-7-10-15/h14-16H,2-13H2,1H3. The fourth-order valence-corrected chi connectivity index (χ4v) is 3.95. The van der Waals surface area contributed by atoms with E-state index in [0.717, 1.165) is 17.6 Å². The van der Waals surface area contributed by atoms with E-state index in [9.17, 15) is 0 Å². The highest BCUT2D eigenvalue weighted by Gasteiger charge is 2.28. The Kier molecular flexibility index (Phi) is 5.94. The van der Waals surface area contributed by atoms with Gasteiger partial charge in [0.05, 0.1) is 0 Å². The molecule has 0 aromatic heterocycles. The molecule has 2 unspecified atom stereocenters. The third kappa shape index (κ3) is 4.68. The van der Waals surface area contributed by atoms with Crippen LogP contribution in [0.15, 0.2) is 0 Å². The molecule has 0 amide bonds. The predicted molar refractivity (Wildman–Crippen MR) is 77.8 cm³/mol. The van der Waals surface area contributed by atoms with Crippen LogP contribution in [0, 0.1) is 5.92 Å². The van der Waals surface area contributed by atoms with E-state index >= 15 is 0 Å². The average molecular weight is 233 g/mol. The van der Waals surface area contributed by atoms with Crippen molar-refractivity contribution in [1.82, 2.24) is 0 Å². The van der Waals surface area contributed by atoms with Gasteiger partial charge in [0, 0.05) is 0 Å². The summed E-state index contributed by atoms with van der Waals surface area (Å²) in [6.07, 6.45) is 17.9. The molecule has 0 N–H and O–H groups in total. The molecule has 1 radical (unpaired) electrons. The lowest BCUT2D eigenvalue weighted by molar-refractivity contribution is 0.466. The first-order valence-corrected chi connectivity index (χ1v) is 8.23. The summed E-state index contributed by atoms with van der Waals surface area (Å²) in [6, 6.07) is 0. The fraction of sp³-hybridized carbons (Fsp3) is 1.00. The van der Waals surface area contributed by atoms with Crippen molar-refractivity contribution in [3.63, 3.8) is 0 Å². The number of hydrogen-bond donors (Lipinski definition) is 0. The zero-order valence-electron chi connectivity index (χ0n) is 11.8. The van der Waals surface area contributed by atoms with Crippen LogP contribution in [-0.2, 0) is 0 Å². The summed E-state index contributed by atoms with van der Waals surface area (Å²) >= 11 is 0. The van der Waals surface area contributed by atoms with Crippen LogP contribution in [0.25, 0.3) is 0 Å². The summed E-state index contributed by atoms with van der Waals surface area (Å²) in [5.41, 5.74) is 0. The zero-order valence-corrected chi connectivity index (χ0v) is 11.8. The normalized spacial score (nSPS) is 29.9. The van der Waals surface area contributed by atoms with Gasteiger partial charge in [-0.05, 0) is 5.92 Å². The molecule has 1 heteroatoms. The SMILES string of the molecule is CCCCCCC1CCC([B]C2CCCC2)C1. The van der Waals surface area contributed by atoms with Crippen molar-refractivity contribution in [3.05, 3.63) is 0 Å². The molecule has 2 atom stereocenters. The van der Waals surface area contributed by atoms with E-state index in [0.29, 0.717) is 0 Å².